The maximum Gasteiger partial charge on any atom is 0.328 e. The van der Waals surface area contributed by atoms with E-state index in [0.29, 0.717) is 12.1 Å². The van der Waals surface area contributed by atoms with E-state index in [9.17, 15) is 19.5 Å². The summed E-state index contributed by atoms with van der Waals surface area (Å²) >= 11 is 0. The predicted octanol–water partition coefficient (Wildman–Crippen LogP) is -0.402. The van der Waals surface area contributed by atoms with Gasteiger partial charge in [-0.25, -0.2) is 9.78 Å². The number of aliphatic hydroxyl groups is 1. The third-order valence-corrected chi connectivity index (χ3v) is 5.38. The monoisotopic (exact) mass is 412 g/mol. The third kappa shape index (κ3) is 3.91. The number of nitrogens with zero attached hydrogens (tertiary/aromatic N) is 4. The molecule has 2 atom stereocenters. The van der Waals surface area contributed by atoms with Gasteiger partial charge in [0.15, 0.2) is 0 Å². The van der Waals surface area contributed by atoms with Gasteiger partial charge < -0.3 is 15.0 Å². The first-order valence-electron chi connectivity index (χ1n) is 9.72. The van der Waals surface area contributed by atoms with Gasteiger partial charge in [0.05, 0.1) is 36.3 Å². The van der Waals surface area contributed by atoms with Crippen LogP contribution in [0.3, 0.4) is 0 Å². The molecule has 10 nitrogen and oxygen atoms in total. The molecule has 0 saturated carbocycles. The molecule has 0 radical (unpaired) electrons. The number of carbonyl (C=O) groups is 1. The number of H-pyrrole nitrogens is 2. The Morgan fingerprint density at radius 3 is 2.80 bits per heavy atom. The SMILES string of the molecule is Cc1cn([C@@H]2CN(C(=O)CN(C)Cc3nc4ccccc4[nH]3)C[C@H]2O)c(=O)[nH]c1=O. The average Bonchev–Trinajstić information content (AvgIpc) is 3.27. The molecule has 1 amide bonds. The van der Waals surface area contributed by atoms with Gasteiger partial charge in [0.25, 0.3) is 5.56 Å². The van der Waals surface area contributed by atoms with Gasteiger partial charge in [0.1, 0.15) is 5.82 Å². The number of likely N-dealkylation sites (tertiary alicyclic amines) is 1. The molecular formula is C20H24N6O4. The maximum atomic E-state index is 12.7. The average molecular weight is 412 g/mol. The molecule has 1 aromatic carbocycles. The van der Waals surface area contributed by atoms with Crippen LogP contribution < -0.4 is 11.2 Å². The Hall–Kier alpha value is -3.24. The number of imidazole rings is 1. The number of carbonyl (C=O) groups excluding carboxylic acids is 1. The van der Waals surface area contributed by atoms with Gasteiger partial charge in [0, 0.05) is 24.8 Å². The summed E-state index contributed by atoms with van der Waals surface area (Å²) < 4.78 is 1.30. The summed E-state index contributed by atoms with van der Waals surface area (Å²) in [5.41, 5.74) is 1.14. The van der Waals surface area contributed by atoms with Crippen molar-refractivity contribution in [2.75, 3.05) is 26.7 Å². The minimum Gasteiger partial charge on any atom is -0.389 e. The van der Waals surface area contributed by atoms with E-state index in [1.54, 1.807) is 6.92 Å². The summed E-state index contributed by atoms with van der Waals surface area (Å²) in [6, 6.07) is 7.13. The number of hydrogen-bond donors (Lipinski definition) is 3. The Morgan fingerprint density at radius 1 is 1.27 bits per heavy atom. The fourth-order valence-corrected chi connectivity index (χ4v) is 3.80. The van der Waals surface area contributed by atoms with Crippen molar-refractivity contribution < 1.29 is 9.90 Å². The largest absolute Gasteiger partial charge is 0.389 e. The molecular weight excluding hydrogens is 388 g/mol. The fourth-order valence-electron chi connectivity index (χ4n) is 3.80. The van der Waals surface area contributed by atoms with Crippen molar-refractivity contribution >= 4 is 16.9 Å². The minimum atomic E-state index is -0.891. The quantitative estimate of drug-likeness (QED) is 0.523. The van der Waals surface area contributed by atoms with E-state index < -0.39 is 23.4 Å². The third-order valence-electron chi connectivity index (χ3n) is 5.38. The number of aromatic amines is 2. The van der Waals surface area contributed by atoms with E-state index in [1.165, 1.54) is 15.7 Å². The number of aromatic nitrogens is 4. The first-order chi connectivity index (χ1) is 14.3. The Bertz CT molecular complexity index is 1160. The van der Waals surface area contributed by atoms with Crippen molar-refractivity contribution in [3.63, 3.8) is 0 Å². The standard InChI is InChI=1S/C20H24N6O4/c1-12-7-26(20(30)23-19(12)29)15-8-25(9-16(15)27)18(28)11-24(2)10-17-21-13-5-3-4-6-14(13)22-17/h3-7,15-16,27H,8-11H2,1-2H3,(H,21,22)(H,23,29,30)/t15-,16-/m1/s1. The van der Waals surface area contributed by atoms with E-state index in [-0.39, 0.29) is 25.5 Å². The maximum absolute atomic E-state index is 12.7. The number of likely N-dealkylation sites (N-methyl/N-ethyl adjacent to an activating group) is 1. The van der Waals surface area contributed by atoms with Crippen molar-refractivity contribution in [1.29, 1.82) is 0 Å². The first-order valence-corrected chi connectivity index (χ1v) is 9.72. The van der Waals surface area contributed by atoms with Gasteiger partial charge in [-0.3, -0.25) is 24.0 Å². The van der Waals surface area contributed by atoms with E-state index in [0.717, 1.165) is 16.9 Å². The molecule has 0 spiro atoms. The molecule has 1 aliphatic rings. The van der Waals surface area contributed by atoms with Gasteiger partial charge in [-0.15, -0.1) is 0 Å². The van der Waals surface area contributed by atoms with Gasteiger partial charge in [-0.2, -0.15) is 0 Å². The van der Waals surface area contributed by atoms with Crippen LogP contribution in [0, 0.1) is 6.92 Å². The normalized spacial score (nSPS) is 19.1. The molecule has 1 saturated heterocycles. The van der Waals surface area contributed by atoms with Crippen LogP contribution in [0.5, 0.6) is 0 Å². The minimum absolute atomic E-state index is 0.132. The summed E-state index contributed by atoms with van der Waals surface area (Å²) in [6.45, 7) is 2.54. The second kappa shape index (κ2) is 7.88. The number of aliphatic hydroxyl groups excluding tert-OH is 1. The van der Waals surface area contributed by atoms with E-state index >= 15 is 0 Å². The highest BCUT2D eigenvalue weighted by Gasteiger charge is 2.36. The van der Waals surface area contributed by atoms with E-state index in [2.05, 4.69) is 15.0 Å². The van der Waals surface area contributed by atoms with Crippen molar-refractivity contribution in [3.8, 4) is 0 Å². The number of aryl methyl sites for hydroxylation is 1. The zero-order chi connectivity index (χ0) is 21.4. The highest BCUT2D eigenvalue weighted by molar-refractivity contribution is 5.78. The lowest BCUT2D eigenvalue weighted by atomic mass is 10.2. The number of rotatable bonds is 5. The van der Waals surface area contributed by atoms with Crippen molar-refractivity contribution in [1.82, 2.24) is 29.3 Å². The van der Waals surface area contributed by atoms with Crippen LogP contribution >= 0.6 is 0 Å². The molecule has 3 aromatic rings. The zero-order valence-electron chi connectivity index (χ0n) is 16.8. The number of benzene rings is 1. The summed E-state index contributed by atoms with van der Waals surface area (Å²) in [7, 11) is 1.82. The summed E-state index contributed by atoms with van der Waals surface area (Å²) in [5.74, 6) is 0.616. The highest BCUT2D eigenvalue weighted by Crippen LogP contribution is 2.21. The van der Waals surface area contributed by atoms with Crippen molar-refractivity contribution in [2.45, 2.75) is 25.6 Å². The summed E-state index contributed by atoms with van der Waals surface area (Å²) in [6.07, 6.45) is 0.536. The number of nitrogens with one attached hydrogen (secondary N) is 2. The second-order valence-electron chi connectivity index (χ2n) is 7.79. The number of fused-ring (bicyclic) bond motifs is 1. The highest BCUT2D eigenvalue weighted by atomic mass is 16.3. The Kier molecular flexibility index (Phi) is 5.27. The lowest BCUT2D eigenvalue weighted by Crippen LogP contribution is -2.39. The van der Waals surface area contributed by atoms with Crippen LogP contribution in [0.4, 0.5) is 0 Å². The smallest absolute Gasteiger partial charge is 0.328 e. The lowest BCUT2D eigenvalue weighted by molar-refractivity contribution is -0.131. The number of amides is 1. The molecule has 3 heterocycles. The molecule has 158 valence electrons. The number of hydrogen-bond acceptors (Lipinski definition) is 6. The van der Waals surface area contributed by atoms with Crippen LogP contribution in [0.2, 0.25) is 0 Å². The van der Waals surface area contributed by atoms with Gasteiger partial charge >= 0.3 is 5.69 Å². The molecule has 4 rings (SSSR count). The van der Waals surface area contributed by atoms with Gasteiger partial charge in [-0.05, 0) is 26.1 Å². The molecule has 3 N–H and O–H groups in total. The van der Waals surface area contributed by atoms with E-state index in [4.69, 9.17) is 0 Å². The molecule has 0 unspecified atom stereocenters. The Morgan fingerprint density at radius 2 is 2.03 bits per heavy atom. The first kappa shape index (κ1) is 20.0. The number of para-hydroxylation sites is 2. The van der Waals surface area contributed by atoms with Crippen LogP contribution in [-0.2, 0) is 11.3 Å². The Balaban J connectivity index is 1.41. The molecule has 1 aliphatic heterocycles. The molecule has 30 heavy (non-hydrogen) atoms. The summed E-state index contributed by atoms with van der Waals surface area (Å²) in [5, 5.41) is 10.4. The Labute approximate surface area is 171 Å². The van der Waals surface area contributed by atoms with Crippen LogP contribution in [0.15, 0.2) is 40.1 Å². The van der Waals surface area contributed by atoms with Gasteiger partial charge in [0.2, 0.25) is 5.91 Å². The summed E-state index contributed by atoms with van der Waals surface area (Å²) in [4.78, 5) is 49.8. The molecule has 0 aliphatic carbocycles. The zero-order valence-corrected chi connectivity index (χ0v) is 16.8. The van der Waals surface area contributed by atoms with E-state index in [1.807, 2.05) is 36.2 Å². The predicted molar refractivity (Wildman–Crippen MR) is 110 cm³/mol. The second-order valence-corrected chi connectivity index (χ2v) is 7.79. The van der Waals surface area contributed by atoms with Crippen LogP contribution in [0.25, 0.3) is 11.0 Å². The van der Waals surface area contributed by atoms with Gasteiger partial charge in [-0.1, -0.05) is 12.1 Å². The van der Waals surface area contributed by atoms with Crippen molar-refractivity contribution in [3.05, 3.63) is 62.7 Å². The number of β-amino-alcohol motifs (C(OH)–C–C–N with tert-alkyl or cyclic N) is 1. The molecule has 0 bridgehead atoms. The fraction of sp³-hybridized carbons (Fsp3) is 0.400. The van der Waals surface area contributed by atoms with Crippen LogP contribution in [0.1, 0.15) is 17.4 Å². The molecule has 10 heteroatoms. The molecule has 2 aromatic heterocycles. The topological polar surface area (TPSA) is 127 Å². The lowest BCUT2D eigenvalue weighted by Gasteiger charge is -2.21. The molecule has 1 fully saturated rings. The van der Waals surface area contributed by atoms with Crippen LogP contribution in [-0.4, -0.2) is 73.1 Å². The van der Waals surface area contributed by atoms with Crippen molar-refractivity contribution in [2.24, 2.45) is 0 Å².